The van der Waals surface area contributed by atoms with Crippen LogP contribution < -0.4 is 20.3 Å². The summed E-state index contributed by atoms with van der Waals surface area (Å²) in [5, 5.41) is 11.5. The van der Waals surface area contributed by atoms with Gasteiger partial charge in [0.1, 0.15) is 5.75 Å². The summed E-state index contributed by atoms with van der Waals surface area (Å²) in [6.45, 7) is 8.30. The molecule has 0 bridgehead atoms. The molecule has 0 spiro atoms. The molecule has 0 saturated heterocycles. The molecule has 2 heterocycles. The third kappa shape index (κ3) is 5.92. The number of amides is 1. The first-order valence-electron chi connectivity index (χ1n) is 12.4. The Morgan fingerprint density at radius 1 is 1.16 bits per heavy atom. The molecular formula is C28H34N8O2. The van der Waals surface area contributed by atoms with Gasteiger partial charge in [0.15, 0.2) is 0 Å². The molecule has 0 aliphatic heterocycles. The molecule has 0 aliphatic carbocycles. The van der Waals surface area contributed by atoms with E-state index in [1.165, 1.54) is 6.08 Å². The van der Waals surface area contributed by atoms with Crippen LogP contribution >= 0.6 is 0 Å². The largest absolute Gasteiger partial charge is 0.494 e. The molecule has 10 heteroatoms. The van der Waals surface area contributed by atoms with Crippen molar-refractivity contribution in [1.82, 2.24) is 24.6 Å². The number of benzene rings is 2. The highest BCUT2D eigenvalue weighted by Gasteiger charge is 2.17. The zero-order chi connectivity index (χ0) is 27.2. The number of methoxy groups -OCH3 is 1. The number of carbonyl (C=O) groups excluding carboxylic acids is 1. The first-order chi connectivity index (χ1) is 18.3. The van der Waals surface area contributed by atoms with Gasteiger partial charge in [0.05, 0.1) is 41.6 Å². The van der Waals surface area contributed by atoms with Crippen LogP contribution in [0.1, 0.15) is 6.92 Å². The van der Waals surface area contributed by atoms with Gasteiger partial charge in [-0.2, -0.15) is 5.10 Å². The number of hydrogen-bond acceptors (Lipinski definition) is 8. The number of rotatable bonds is 11. The third-order valence-electron chi connectivity index (χ3n) is 6.47. The minimum absolute atomic E-state index is 0.300. The predicted octanol–water partition coefficient (Wildman–Crippen LogP) is 4.29. The number of hydrogen-bond donors (Lipinski definition) is 2. The van der Waals surface area contributed by atoms with Crippen molar-refractivity contribution in [1.29, 1.82) is 0 Å². The summed E-state index contributed by atoms with van der Waals surface area (Å²) >= 11 is 0. The number of aryl methyl sites for hydroxylation is 1. The van der Waals surface area contributed by atoms with E-state index in [1.807, 2.05) is 55.3 Å². The van der Waals surface area contributed by atoms with Crippen molar-refractivity contribution in [3.05, 3.63) is 61.4 Å². The average molecular weight is 515 g/mol. The SMILES string of the molecule is C=CC(=O)Nc1cc(Nc2nccc(-c3ccc4c(cnn4C)c3)n2)c(OC)cc1N(C)CCN(C)CC. The van der Waals surface area contributed by atoms with Gasteiger partial charge in [0, 0.05) is 50.4 Å². The number of aromatic nitrogens is 4. The first kappa shape index (κ1) is 26.6. The smallest absolute Gasteiger partial charge is 0.247 e. The molecule has 0 aliphatic rings. The van der Waals surface area contributed by atoms with Crippen molar-refractivity contribution in [2.75, 3.05) is 56.4 Å². The lowest BCUT2D eigenvalue weighted by Crippen LogP contribution is -2.31. The Bertz CT molecular complexity index is 1450. The Labute approximate surface area is 222 Å². The minimum atomic E-state index is -0.300. The van der Waals surface area contributed by atoms with Crippen LogP contribution in [0.25, 0.3) is 22.2 Å². The molecule has 0 radical (unpaired) electrons. The summed E-state index contributed by atoms with van der Waals surface area (Å²) in [7, 11) is 7.59. The van der Waals surface area contributed by atoms with Gasteiger partial charge in [-0.15, -0.1) is 0 Å². The monoisotopic (exact) mass is 514 g/mol. The van der Waals surface area contributed by atoms with Gasteiger partial charge in [0.2, 0.25) is 11.9 Å². The average Bonchev–Trinajstić information content (AvgIpc) is 3.31. The number of likely N-dealkylation sites (N-methyl/N-ethyl adjacent to an activating group) is 2. The quantitative estimate of drug-likeness (QED) is 0.286. The highest BCUT2D eigenvalue weighted by molar-refractivity contribution is 6.02. The van der Waals surface area contributed by atoms with E-state index in [4.69, 9.17) is 9.72 Å². The van der Waals surface area contributed by atoms with Crippen LogP contribution in [0.2, 0.25) is 0 Å². The lowest BCUT2D eigenvalue weighted by Gasteiger charge is -2.26. The fraction of sp³-hybridized carbons (Fsp3) is 0.286. The summed E-state index contributed by atoms with van der Waals surface area (Å²) in [5.41, 5.74) is 4.84. The van der Waals surface area contributed by atoms with Crippen molar-refractivity contribution in [2.24, 2.45) is 7.05 Å². The second kappa shape index (κ2) is 11.7. The molecule has 1 amide bonds. The van der Waals surface area contributed by atoms with Crippen LogP contribution in [0, 0.1) is 0 Å². The second-order valence-electron chi connectivity index (χ2n) is 9.01. The fourth-order valence-corrected chi connectivity index (χ4v) is 4.06. The van der Waals surface area contributed by atoms with Gasteiger partial charge in [-0.25, -0.2) is 9.97 Å². The zero-order valence-corrected chi connectivity index (χ0v) is 22.5. The van der Waals surface area contributed by atoms with E-state index in [9.17, 15) is 4.79 Å². The minimum Gasteiger partial charge on any atom is -0.494 e. The van der Waals surface area contributed by atoms with Gasteiger partial charge in [-0.1, -0.05) is 19.6 Å². The van der Waals surface area contributed by atoms with Crippen LogP contribution in [0.15, 0.2) is 61.4 Å². The first-order valence-corrected chi connectivity index (χ1v) is 12.4. The number of nitrogens with zero attached hydrogens (tertiary/aromatic N) is 6. The van der Waals surface area contributed by atoms with E-state index >= 15 is 0 Å². The van der Waals surface area contributed by atoms with E-state index in [2.05, 4.69) is 57.1 Å². The molecule has 2 aromatic heterocycles. The normalized spacial score (nSPS) is 11.0. The molecule has 0 unspecified atom stereocenters. The van der Waals surface area contributed by atoms with E-state index in [0.717, 1.165) is 47.5 Å². The molecule has 4 aromatic rings. The summed E-state index contributed by atoms with van der Waals surface area (Å²) in [6.07, 6.45) is 4.79. The van der Waals surface area contributed by atoms with Crippen LogP contribution in [0.4, 0.5) is 23.0 Å². The number of ether oxygens (including phenoxy) is 1. The van der Waals surface area contributed by atoms with Crippen molar-refractivity contribution in [3.63, 3.8) is 0 Å². The molecular weight excluding hydrogens is 480 g/mol. The standard InChI is InChI=1S/C28H34N8O2/c1-7-27(37)31-22-16-23(26(38-6)17-25(22)35(4)14-13-34(3)8-2)33-28-29-12-11-21(32-28)19-9-10-24-20(15-19)18-30-36(24)5/h7,9-12,15-18H,1,8,13-14H2,2-6H3,(H,31,37)(H,29,32,33). The number of carbonyl (C=O) groups is 1. The van der Waals surface area contributed by atoms with Gasteiger partial charge < -0.3 is 25.2 Å². The molecule has 4 rings (SSSR count). The van der Waals surface area contributed by atoms with Gasteiger partial charge in [-0.05, 0) is 43.9 Å². The van der Waals surface area contributed by atoms with Crippen LogP contribution in [-0.4, -0.2) is 71.4 Å². The molecule has 0 saturated carbocycles. The maximum absolute atomic E-state index is 12.3. The van der Waals surface area contributed by atoms with E-state index in [-0.39, 0.29) is 5.91 Å². The van der Waals surface area contributed by atoms with Gasteiger partial charge >= 0.3 is 0 Å². The molecule has 2 N–H and O–H groups in total. The Balaban J connectivity index is 1.66. The Morgan fingerprint density at radius 2 is 1.97 bits per heavy atom. The maximum Gasteiger partial charge on any atom is 0.247 e. The lowest BCUT2D eigenvalue weighted by molar-refractivity contribution is -0.111. The molecule has 198 valence electrons. The van der Waals surface area contributed by atoms with Crippen LogP contribution in [0.5, 0.6) is 5.75 Å². The molecule has 38 heavy (non-hydrogen) atoms. The highest BCUT2D eigenvalue weighted by atomic mass is 16.5. The molecule has 2 aromatic carbocycles. The van der Waals surface area contributed by atoms with Gasteiger partial charge in [0.25, 0.3) is 0 Å². The Morgan fingerprint density at radius 3 is 2.71 bits per heavy atom. The topological polar surface area (TPSA) is 100 Å². The summed E-state index contributed by atoms with van der Waals surface area (Å²) in [5.74, 6) is 0.697. The van der Waals surface area contributed by atoms with Crippen molar-refractivity contribution in [2.45, 2.75) is 6.92 Å². The molecule has 0 atom stereocenters. The second-order valence-corrected chi connectivity index (χ2v) is 9.01. The fourth-order valence-electron chi connectivity index (χ4n) is 4.06. The van der Waals surface area contributed by atoms with Crippen LogP contribution in [-0.2, 0) is 11.8 Å². The van der Waals surface area contributed by atoms with E-state index in [1.54, 1.807) is 13.3 Å². The van der Waals surface area contributed by atoms with Crippen LogP contribution in [0.3, 0.4) is 0 Å². The van der Waals surface area contributed by atoms with Crippen molar-refractivity contribution in [3.8, 4) is 17.0 Å². The van der Waals surface area contributed by atoms with Crippen molar-refractivity contribution >= 4 is 39.8 Å². The van der Waals surface area contributed by atoms with Gasteiger partial charge in [-0.3, -0.25) is 9.48 Å². The summed E-state index contributed by atoms with van der Waals surface area (Å²) in [4.78, 5) is 25.7. The maximum atomic E-state index is 12.3. The number of nitrogens with one attached hydrogen (secondary N) is 2. The zero-order valence-electron chi connectivity index (χ0n) is 22.5. The van der Waals surface area contributed by atoms with E-state index in [0.29, 0.717) is 23.1 Å². The summed E-state index contributed by atoms with van der Waals surface area (Å²) < 4.78 is 7.55. The number of fused-ring (bicyclic) bond motifs is 1. The predicted molar refractivity (Wildman–Crippen MR) is 153 cm³/mol. The molecule has 0 fully saturated rings. The molecule has 10 nitrogen and oxygen atoms in total. The Kier molecular flexibility index (Phi) is 8.22. The highest BCUT2D eigenvalue weighted by Crippen LogP contribution is 2.38. The number of anilines is 4. The lowest BCUT2D eigenvalue weighted by atomic mass is 10.1. The summed E-state index contributed by atoms with van der Waals surface area (Å²) in [6, 6.07) is 11.7. The third-order valence-corrected chi connectivity index (χ3v) is 6.47. The van der Waals surface area contributed by atoms with Crippen molar-refractivity contribution < 1.29 is 9.53 Å². The van der Waals surface area contributed by atoms with E-state index < -0.39 is 0 Å². The Hall–Kier alpha value is -4.44.